The fraction of sp³-hybridized carbons (Fsp3) is 0.455. The fourth-order valence-electron chi connectivity index (χ4n) is 2.04. The normalized spacial score (nSPS) is 26.3. The summed E-state index contributed by atoms with van der Waals surface area (Å²) in [5, 5.41) is 27.9. The molecule has 1 aromatic rings. The summed E-state index contributed by atoms with van der Waals surface area (Å²) < 4.78 is 6.53. The van der Waals surface area contributed by atoms with Crippen molar-refractivity contribution in [1.29, 1.82) is 0 Å². The van der Waals surface area contributed by atoms with Crippen LogP contribution in [0.4, 0.5) is 5.82 Å². The number of ether oxygens (including phenoxy) is 1. The largest absolute Gasteiger partial charge is 0.394 e. The Morgan fingerprint density at radius 3 is 2.95 bits per heavy atom. The number of halogens is 1. The molecule has 0 spiro atoms. The molecule has 1 aliphatic rings. The summed E-state index contributed by atoms with van der Waals surface area (Å²) in [6.45, 7) is -0.236. The lowest BCUT2D eigenvalue weighted by molar-refractivity contribution is -0.0530. The molecule has 20 heavy (non-hydrogen) atoms. The van der Waals surface area contributed by atoms with Crippen LogP contribution < -0.4 is 11.2 Å². The average molecular weight is 348 g/mol. The van der Waals surface area contributed by atoms with E-state index in [4.69, 9.17) is 15.1 Å². The van der Waals surface area contributed by atoms with E-state index in [2.05, 4.69) is 20.9 Å². The van der Waals surface area contributed by atoms with Crippen LogP contribution in [0.1, 0.15) is 18.2 Å². The van der Waals surface area contributed by atoms with Crippen LogP contribution in [-0.4, -0.2) is 43.8 Å². The van der Waals surface area contributed by atoms with Crippen molar-refractivity contribution < 1.29 is 20.2 Å². The molecule has 1 aliphatic heterocycles. The molecule has 8 nitrogen and oxygen atoms in total. The molecule has 0 amide bonds. The summed E-state index contributed by atoms with van der Waals surface area (Å²) in [6.07, 6.45) is 0.846. The smallest absolute Gasteiger partial charge is 0.351 e. The van der Waals surface area contributed by atoms with Crippen LogP contribution in [0.3, 0.4) is 0 Å². The third kappa shape index (κ3) is 2.91. The molecule has 0 saturated carbocycles. The Balaban J connectivity index is 2.42. The molecule has 0 bridgehead atoms. The van der Waals surface area contributed by atoms with Gasteiger partial charge in [0.2, 0.25) is 0 Å². The predicted molar refractivity (Wildman–Crippen MR) is 73.5 cm³/mol. The molecule has 4 N–H and O–H groups in total. The first-order valence-corrected chi connectivity index (χ1v) is 6.76. The number of aromatic nitrogens is 2. The van der Waals surface area contributed by atoms with E-state index in [-0.39, 0.29) is 18.8 Å². The van der Waals surface area contributed by atoms with Crippen molar-refractivity contribution >= 4 is 27.8 Å². The molecule has 2 rings (SSSR count). The molecule has 0 aromatic carbocycles. The van der Waals surface area contributed by atoms with Gasteiger partial charge in [0.15, 0.2) is 12.0 Å². The number of rotatable bonds is 4. The van der Waals surface area contributed by atoms with E-state index < -0.39 is 24.1 Å². The standard InChI is InChI=1S/C11H14BrN3O5/c12-2-1-6-4-15(11(18)13-9(6)14-19)10-8(17)3-7(5-16)20-10/h1-2,4,7-8,10,16-17,19H,3,5H2,(H,13,14,18)/t7-,8?,10+/m0/s1. The summed E-state index contributed by atoms with van der Waals surface area (Å²) in [5.74, 6) is -0.00635. The van der Waals surface area contributed by atoms with Crippen LogP contribution in [0.5, 0.6) is 0 Å². The highest BCUT2D eigenvalue weighted by molar-refractivity contribution is 9.11. The first-order valence-electron chi connectivity index (χ1n) is 5.85. The second kappa shape index (κ2) is 6.46. The van der Waals surface area contributed by atoms with Gasteiger partial charge in [0.05, 0.1) is 12.7 Å². The van der Waals surface area contributed by atoms with Crippen molar-refractivity contribution in [2.75, 3.05) is 12.1 Å². The molecule has 9 heteroatoms. The van der Waals surface area contributed by atoms with Crippen molar-refractivity contribution in [3.63, 3.8) is 0 Å². The van der Waals surface area contributed by atoms with Crippen molar-refractivity contribution in [2.24, 2.45) is 0 Å². The van der Waals surface area contributed by atoms with Gasteiger partial charge in [-0.05, 0) is 11.1 Å². The van der Waals surface area contributed by atoms with Gasteiger partial charge in [-0.25, -0.2) is 4.79 Å². The molecule has 1 aromatic heterocycles. The molecular formula is C11H14BrN3O5. The lowest BCUT2D eigenvalue weighted by Crippen LogP contribution is -2.32. The average Bonchev–Trinajstić information content (AvgIpc) is 2.81. The zero-order valence-electron chi connectivity index (χ0n) is 10.3. The minimum Gasteiger partial charge on any atom is -0.394 e. The van der Waals surface area contributed by atoms with E-state index >= 15 is 0 Å². The lowest BCUT2D eigenvalue weighted by Gasteiger charge is -2.18. The molecule has 1 saturated heterocycles. The Morgan fingerprint density at radius 1 is 1.65 bits per heavy atom. The summed E-state index contributed by atoms with van der Waals surface area (Å²) in [4.78, 5) is 17.1. The van der Waals surface area contributed by atoms with Gasteiger partial charge in [-0.3, -0.25) is 15.3 Å². The van der Waals surface area contributed by atoms with Crippen LogP contribution in [0.15, 0.2) is 16.0 Å². The zero-order valence-corrected chi connectivity index (χ0v) is 11.9. The summed E-state index contributed by atoms with van der Waals surface area (Å²) >= 11 is 3.09. The number of hydrogen-bond acceptors (Lipinski definition) is 7. The van der Waals surface area contributed by atoms with Gasteiger partial charge in [0.25, 0.3) is 0 Å². The monoisotopic (exact) mass is 347 g/mol. The molecule has 1 unspecified atom stereocenters. The number of anilines is 1. The van der Waals surface area contributed by atoms with Gasteiger partial charge in [0, 0.05) is 18.2 Å². The molecule has 110 valence electrons. The van der Waals surface area contributed by atoms with Crippen molar-refractivity contribution in [2.45, 2.75) is 24.9 Å². The predicted octanol–water partition coefficient (Wildman–Crippen LogP) is 0.0507. The van der Waals surface area contributed by atoms with Gasteiger partial charge in [-0.2, -0.15) is 4.98 Å². The van der Waals surface area contributed by atoms with Crippen LogP contribution in [0.25, 0.3) is 6.08 Å². The second-order valence-electron chi connectivity index (χ2n) is 4.27. The Labute approximate surface area is 122 Å². The maximum atomic E-state index is 11.9. The summed E-state index contributed by atoms with van der Waals surface area (Å²) in [5.41, 5.74) is 1.57. The molecule has 0 radical (unpaired) electrons. The van der Waals surface area contributed by atoms with Gasteiger partial charge < -0.3 is 14.9 Å². The van der Waals surface area contributed by atoms with E-state index in [0.29, 0.717) is 5.56 Å². The SMILES string of the molecule is O=c1nc(NO)c(C=CBr)cn1[C@@H]1O[C@H](CO)CC1O. The number of nitrogens with zero attached hydrogens (tertiary/aromatic N) is 2. The highest BCUT2D eigenvalue weighted by atomic mass is 79.9. The van der Waals surface area contributed by atoms with Crippen LogP contribution in [-0.2, 0) is 4.74 Å². The third-order valence-electron chi connectivity index (χ3n) is 2.97. The van der Waals surface area contributed by atoms with E-state index in [1.807, 2.05) is 5.48 Å². The number of hydrogen-bond donors (Lipinski definition) is 4. The molecular weight excluding hydrogens is 334 g/mol. The van der Waals surface area contributed by atoms with Gasteiger partial charge in [-0.1, -0.05) is 15.9 Å². The first-order chi connectivity index (χ1) is 9.60. The van der Waals surface area contributed by atoms with E-state index in [1.54, 1.807) is 6.08 Å². The topological polar surface area (TPSA) is 117 Å². The van der Waals surface area contributed by atoms with E-state index in [1.165, 1.54) is 11.2 Å². The highest BCUT2D eigenvalue weighted by Crippen LogP contribution is 2.28. The highest BCUT2D eigenvalue weighted by Gasteiger charge is 2.35. The van der Waals surface area contributed by atoms with Gasteiger partial charge >= 0.3 is 5.69 Å². The van der Waals surface area contributed by atoms with Crippen molar-refractivity contribution in [3.05, 3.63) is 27.2 Å². The van der Waals surface area contributed by atoms with Gasteiger partial charge in [-0.15, -0.1) is 0 Å². The van der Waals surface area contributed by atoms with Crippen LogP contribution >= 0.6 is 15.9 Å². The molecule has 0 aliphatic carbocycles. The minimum atomic E-state index is -0.916. The summed E-state index contributed by atoms with van der Waals surface area (Å²) in [7, 11) is 0. The van der Waals surface area contributed by atoms with Crippen molar-refractivity contribution in [1.82, 2.24) is 9.55 Å². The number of aliphatic hydroxyl groups excluding tert-OH is 2. The zero-order chi connectivity index (χ0) is 14.7. The fourth-order valence-corrected chi connectivity index (χ4v) is 2.33. The lowest BCUT2D eigenvalue weighted by atomic mass is 10.2. The third-order valence-corrected chi connectivity index (χ3v) is 3.24. The van der Waals surface area contributed by atoms with E-state index in [0.717, 1.165) is 4.57 Å². The van der Waals surface area contributed by atoms with E-state index in [9.17, 15) is 9.90 Å². The molecule has 3 atom stereocenters. The Kier molecular flexibility index (Phi) is 4.89. The summed E-state index contributed by atoms with van der Waals surface area (Å²) in [6, 6.07) is 0. The Bertz CT molecular complexity index is 561. The minimum absolute atomic E-state index is 0.00635. The van der Waals surface area contributed by atoms with Crippen molar-refractivity contribution in [3.8, 4) is 0 Å². The molecule has 2 heterocycles. The number of nitrogens with one attached hydrogen (secondary N) is 1. The maximum absolute atomic E-state index is 11.9. The second-order valence-corrected chi connectivity index (χ2v) is 4.80. The van der Waals surface area contributed by atoms with Gasteiger partial charge in [0.1, 0.15) is 6.10 Å². The van der Waals surface area contributed by atoms with Crippen LogP contribution in [0.2, 0.25) is 0 Å². The van der Waals surface area contributed by atoms with Crippen LogP contribution in [0, 0.1) is 0 Å². The quantitative estimate of drug-likeness (QED) is 0.568. The first kappa shape index (κ1) is 15.1. The number of aliphatic hydroxyl groups is 2. The Morgan fingerprint density at radius 2 is 2.40 bits per heavy atom. The maximum Gasteiger partial charge on any atom is 0.351 e. The molecule has 1 fully saturated rings. The Hall–Kier alpha value is -1.26.